The van der Waals surface area contributed by atoms with Crippen LogP contribution in [0.5, 0.6) is 0 Å². The van der Waals surface area contributed by atoms with Gasteiger partial charge in [-0.3, -0.25) is 0 Å². The number of rotatable bonds is 1. The summed E-state index contributed by atoms with van der Waals surface area (Å²) in [4.78, 5) is 6.14. The van der Waals surface area contributed by atoms with Gasteiger partial charge in [0.05, 0.1) is 7.11 Å². The lowest BCUT2D eigenvalue weighted by Crippen LogP contribution is -2.17. The van der Waals surface area contributed by atoms with Crippen molar-refractivity contribution >= 4 is 11.4 Å². The first kappa shape index (κ1) is 11.5. The van der Waals surface area contributed by atoms with Crippen molar-refractivity contribution in [2.24, 2.45) is 9.98 Å². The SMILES string of the molecule is COC1=C(F)C(=NC#N)C(F)=CC1=NC#N. The van der Waals surface area contributed by atoms with Gasteiger partial charge in [-0.15, -0.1) is 0 Å². The van der Waals surface area contributed by atoms with Crippen molar-refractivity contribution in [1.82, 2.24) is 0 Å². The third kappa shape index (κ3) is 1.93. The van der Waals surface area contributed by atoms with E-state index in [0.717, 1.165) is 13.2 Å². The van der Waals surface area contributed by atoms with E-state index in [4.69, 9.17) is 10.5 Å². The molecule has 80 valence electrons. The fourth-order valence-electron chi connectivity index (χ4n) is 1.06. The average molecular weight is 222 g/mol. The Morgan fingerprint density at radius 2 is 1.88 bits per heavy atom. The Morgan fingerprint density at radius 3 is 2.38 bits per heavy atom. The topological polar surface area (TPSA) is 81.5 Å². The monoisotopic (exact) mass is 222 g/mol. The number of hydrogen-bond donors (Lipinski definition) is 0. The maximum atomic E-state index is 13.5. The average Bonchev–Trinajstić information content (AvgIpc) is 2.25. The van der Waals surface area contributed by atoms with Crippen LogP contribution in [0, 0.1) is 22.9 Å². The highest BCUT2D eigenvalue weighted by molar-refractivity contribution is 6.24. The molecule has 0 bridgehead atoms. The Morgan fingerprint density at radius 1 is 1.25 bits per heavy atom. The summed E-state index contributed by atoms with van der Waals surface area (Å²) in [5, 5.41) is 16.5. The summed E-state index contributed by atoms with van der Waals surface area (Å²) in [6.45, 7) is 0. The van der Waals surface area contributed by atoms with E-state index in [1.807, 2.05) is 0 Å². The third-order valence-corrected chi connectivity index (χ3v) is 1.67. The minimum atomic E-state index is -1.17. The van der Waals surface area contributed by atoms with Gasteiger partial charge in [-0.05, 0) is 0 Å². The van der Waals surface area contributed by atoms with Crippen LogP contribution >= 0.6 is 0 Å². The lowest BCUT2D eigenvalue weighted by molar-refractivity contribution is 0.303. The molecule has 1 rings (SSSR count). The molecule has 1 aliphatic rings. The number of halogens is 2. The number of ether oxygens (including phenoxy) is 1. The predicted molar refractivity (Wildman–Crippen MR) is 50.4 cm³/mol. The van der Waals surface area contributed by atoms with Crippen LogP contribution in [0.25, 0.3) is 0 Å². The number of methoxy groups -OCH3 is 1. The van der Waals surface area contributed by atoms with Gasteiger partial charge in [0.2, 0.25) is 12.4 Å². The molecular weight excluding hydrogens is 218 g/mol. The molecule has 0 saturated heterocycles. The van der Waals surface area contributed by atoms with Crippen molar-refractivity contribution in [2.45, 2.75) is 0 Å². The van der Waals surface area contributed by atoms with Crippen molar-refractivity contribution in [3.63, 3.8) is 0 Å². The van der Waals surface area contributed by atoms with Crippen LogP contribution in [0.4, 0.5) is 8.78 Å². The molecule has 7 heteroatoms. The lowest BCUT2D eigenvalue weighted by Gasteiger charge is -2.12. The summed E-state index contributed by atoms with van der Waals surface area (Å²) in [5.74, 6) is -2.69. The van der Waals surface area contributed by atoms with Crippen molar-refractivity contribution < 1.29 is 13.5 Å². The molecule has 16 heavy (non-hydrogen) atoms. The van der Waals surface area contributed by atoms with Gasteiger partial charge in [0, 0.05) is 6.08 Å². The van der Waals surface area contributed by atoms with Crippen molar-refractivity contribution in [3.05, 3.63) is 23.5 Å². The van der Waals surface area contributed by atoms with Gasteiger partial charge in [-0.2, -0.15) is 20.5 Å². The Balaban J connectivity index is 3.40. The van der Waals surface area contributed by atoms with Crippen LogP contribution in [-0.2, 0) is 4.74 Å². The normalized spacial score (nSPS) is 20.4. The molecule has 0 fully saturated rings. The minimum absolute atomic E-state index is 0.295. The van der Waals surface area contributed by atoms with Crippen LogP contribution in [0.2, 0.25) is 0 Å². The van der Waals surface area contributed by atoms with E-state index in [1.165, 1.54) is 12.4 Å². The molecule has 0 heterocycles. The molecule has 0 aromatic heterocycles. The maximum Gasteiger partial charge on any atom is 0.206 e. The molecule has 1 aliphatic carbocycles. The van der Waals surface area contributed by atoms with Gasteiger partial charge in [0.15, 0.2) is 23.1 Å². The molecule has 0 radical (unpaired) electrons. The number of hydrogen-bond acceptors (Lipinski definition) is 5. The fraction of sp³-hybridized carbons (Fsp3) is 0.111. The van der Waals surface area contributed by atoms with Gasteiger partial charge in [-0.1, -0.05) is 0 Å². The van der Waals surface area contributed by atoms with E-state index >= 15 is 0 Å². The van der Waals surface area contributed by atoms with Crippen molar-refractivity contribution in [2.75, 3.05) is 7.11 Å². The first-order valence-electron chi connectivity index (χ1n) is 3.91. The maximum absolute atomic E-state index is 13.5. The molecule has 0 saturated carbocycles. The highest BCUT2D eigenvalue weighted by Crippen LogP contribution is 2.23. The Hall–Kier alpha value is -2.54. The molecule has 0 aromatic rings. The van der Waals surface area contributed by atoms with E-state index < -0.39 is 23.1 Å². The molecule has 0 aromatic carbocycles. The van der Waals surface area contributed by atoms with Crippen molar-refractivity contribution in [1.29, 1.82) is 10.5 Å². The molecular formula is C9H4F2N4O. The summed E-state index contributed by atoms with van der Waals surface area (Å²) in [7, 11) is 1.13. The van der Waals surface area contributed by atoms with Crippen LogP contribution in [-0.4, -0.2) is 18.5 Å². The standard InChI is InChI=1S/C9H4F2N4O/c1-16-9-6(14-3-12)2-5(10)8(7(9)11)15-4-13/h2H,1H3. The summed E-state index contributed by atoms with van der Waals surface area (Å²) in [5.41, 5.74) is -1.06. The zero-order chi connectivity index (χ0) is 12.1. The van der Waals surface area contributed by atoms with Gasteiger partial charge < -0.3 is 4.74 Å². The van der Waals surface area contributed by atoms with Crippen molar-refractivity contribution in [3.8, 4) is 12.4 Å². The van der Waals surface area contributed by atoms with Crippen LogP contribution in [0.3, 0.4) is 0 Å². The first-order chi connectivity index (χ1) is 7.65. The van der Waals surface area contributed by atoms with Gasteiger partial charge in [-0.25, -0.2) is 8.78 Å². The molecule has 0 atom stereocenters. The number of allylic oxidation sites excluding steroid dienone is 3. The molecule has 0 spiro atoms. The molecule has 0 amide bonds. The highest BCUT2D eigenvalue weighted by atomic mass is 19.1. The quantitative estimate of drug-likeness (QED) is 0.498. The Bertz CT molecular complexity index is 517. The first-order valence-corrected chi connectivity index (χ1v) is 3.91. The summed E-state index contributed by atoms with van der Waals surface area (Å²) in [6, 6.07) is 0. The van der Waals surface area contributed by atoms with Crippen LogP contribution < -0.4 is 0 Å². The minimum Gasteiger partial charge on any atom is -0.491 e. The summed E-state index contributed by atoms with van der Waals surface area (Å²) < 4.78 is 31.4. The molecule has 0 unspecified atom stereocenters. The highest BCUT2D eigenvalue weighted by Gasteiger charge is 2.27. The predicted octanol–water partition coefficient (Wildman–Crippen LogP) is 1.53. The van der Waals surface area contributed by atoms with Crippen LogP contribution in [0.1, 0.15) is 0 Å². The smallest absolute Gasteiger partial charge is 0.206 e. The van der Waals surface area contributed by atoms with Gasteiger partial charge >= 0.3 is 0 Å². The summed E-state index contributed by atoms with van der Waals surface area (Å²) >= 11 is 0. The summed E-state index contributed by atoms with van der Waals surface area (Å²) in [6.07, 6.45) is 3.41. The van der Waals surface area contributed by atoms with E-state index in [-0.39, 0.29) is 5.71 Å². The van der Waals surface area contributed by atoms with E-state index in [1.54, 1.807) is 0 Å². The number of nitriles is 2. The van der Waals surface area contributed by atoms with E-state index in [2.05, 4.69) is 14.7 Å². The Kier molecular flexibility index (Phi) is 3.46. The fourth-order valence-corrected chi connectivity index (χ4v) is 1.06. The second-order valence-corrected chi connectivity index (χ2v) is 2.50. The van der Waals surface area contributed by atoms with Gasteiger partial charge in [0.25, 0.3) is 0 Å². The lowest BCUT2D eigenvalue weighted by atomic mass is 10.1. The van der Waals surface area contributed by atoms with Crippen LogP contribution in [0.15, 0.2) is 33.5 Å². The molecule has 0 N–H and O–H groups in total. The largest absolute Gasteiger partial charge is 0.491 e. The Labute approximate surface area is 89.3 Å². The van der Waals surface area contributed by atoms with E-state index in [0.29, 0.717) is 0 Å². The third-order valence-electron chi connectivity index (χ3n) is 1.67. The second kappa shape index (κ2) is 4.80. The molecule has 5 nitrogen and oxygen atoms in total. The second-order valence-electron chi connectivity index (χ2n) is 2.50. The number of nitrogens with zero attached hydrogens (tertiary/aromatic N) is 4. The molecule has 0 aliphatic heterocycles. The zero-order valence-electron chi connectivity index (χ0n) is 8.03. The zero-order valence-corrected chi connectivity index (χ0v) is 8.03. The van der Waals surface area contributed by atoms with Gasteiger partial charge in [0.1, 0.15) is 5.71 Å². The number of aliphatic imine (C=N–C) groups is 2. The van der Waals surface area contributed by atoms with E-state index in [9.17, 15) is 8.78 Å².